The van der Waals surface area contributed by atoms with E-state index in [0.29, 0.717) is 17.3 Å². The van der Waals surface area contributed by atoms with Crippen molar-refractivity contribution < 1.29 is 4.79 Å². The quantitative estimate of drug-likeness (QED) is 0.892. The van der Waals surface area contributed by atoms with Crippen LogP contribution >= 0.6 is 11.6 Å². The maximum Gasteiger partial charge on any atom is 0.238 e. The number of nitrogens with one attached hydrogen (secondary N) is 1. The van der Waals surface area contributed by atoms with Crippen LogP contribution in [0.2, 0.25) is 5.02 Å². The van der Waals surface area contributed by atoms with E-state index in [-0.39, 0.29) is 5.91 Å². The van der Waals surface area contributed by atoms with Crippen molar-refractivity contribution in [3.8, 4) is 0 Å². The number of pyridine rings is 1. The maximum atomic E-state index is 11.9. The van der Waals surface area contributed by atoms with E-state index in [9.17, 15) is 4.79 Å². The maximum absolute atomic E-state index is 11.9. The fourth-order valence-corrected chi connectivity index (χ4v) is 2.15. The first kappa shape index (κ1) is 15.5. The molecule has 0 unspecified atom stereocenters. The van der Waals surface area contributed by atoms with Gasteiger partial charge >= 0.3 is 0 Å². The molecular weight excluding hydrogens is 286 g/mol. The fraction of sp³-hybridized carbons (Fsp3) is 0.250. The SMILES string of the molecule is CN(CCc1cccnc1)CC(=O)Nc1cccc(Cl)c1. The number of rotatable bonds is 6. The average Bonchev–Trinajstić information content (AvgIpc) is 2.46. The van der Waals surface area contributed by atoms with Gasteiger partial charge in [0.15, 0.2) is 0 Å². The molecule has 2 rings (SSSR count). The third-order valence-corrected chi connectivity index (χ3v) is 3.26. The van der Waals surface area contributed by atoms with E-state index >= 15 is 0 Å². The number of aromatic nitrogens is 1. The van der Waals surface area contributed by atoms with Crippen LogP contribution in [-0.4, -0.2) is 35.9 Å². The summed E-state index contributed by atoms with van der Waals surface area (Å²) >= 11 is 5.88. The third-order valence-electron chi connectivity index (χ3n) is 3.03. The summed E-state index contributed by atoms with van der Waals surface area (Å²) in [7, 11) is 1.92. The first-order chi connectivity index (χ1) is 10.1. The Hall–Kier alpha value is -1.91. The second kappa shape index (κ2) is 7.76. The Morgan fingerprint density at radius 3 is 2.90 bits per heavy atom. The molecule has 1 N–H and O–H groups in total. The lowest BCUT2D eigenvalue weighted by atomic mass is 10.2. The van der Waals surface area contributed by atoms with E-state index in [0.717, 1.165) is 13.0 Å². The van der Waals surface area contributed by atoms with Crippen molar-refractivity contribution in [3.05, 3.63) is 59.4 Å². The molecule has 0 atom stereocenters. The van der Waals surface area contributed by atoms with Gasteiger partial charge in [0.05, 0.1) is 6.54 Å². The van der Waals surface area contributed by atoms with Crippen LogP contribution in [0.1, 0.15) is 5.56 Å². The number of nitrogens with zero attached hydrogens (tertiary/aromatic N) is 2. The highest BCUT2D eigenvalue weighted by Crippen LogP contribution is 2.14. The summed E-state index contributed by atoms with van der Waals surface area (Å²) < 4.78 is 0. The summed E-state index contributed by atoms with van der Waals surface area (Å²) in [4.78, 5) is 18.0. The molecule has 1 amide bonds. The minimum absolute atomic E-state index is 0.0500. The molecule has 4 nitrogen and oxygen atoms in total. The van der Waals surface area contributed by atoms with Crippen molar-refractivity contribution in [1.29, 1.82) is 0 Å². The largest absolute Gasteiger partial charge is 0.325 e. The van der Waals surface area contributed by atoms with Crippen molar-refractivity contribution in [2.24, 2.45) is 0 Å². The lowest BCUT2D eigenvalue weighted by Gasteiger charge is -2.16. The molecule has 1 aromatic carbocycles. The smallest absolute Gasteiger partial charge is 0.238 e. The molecule has 0 bridgehead atoms. The van der Waals surface area contributed by atoms with Gasteiger partial charge in [0.25, 0.3) is 0 Å². The van der Waals surface area contributed by atoms with Crippen molar-refractivity contribution in [2.45, 2.75) is 6.42 Å². The highest BCUT2D eigenvalue weighted by molar-refractivity contribution is 6.30. The van der Waals surface area contributed by atoms with E-state index in [1.54, 1.807) is 18.3 Å². The minimum atomic E-state index is -0.0500. The number of anilines is 1. The highest BCUT2D eigenvalue weighted by atomic mass is 35.5. The number of hydrogen-bond donors (Lipinski definition) is 1. The number of likely N-dealkylation sites (N-methyl/N-ethyl adjacent to an activating group) is 1. The van der Waals surface area contributed by atoms with Crippen LogP contribution in [0, 0.1) is 0 Å². The van der Waals surface area contributed by atoms with E-state index in [1.165, 1.54) is 5.56 Å². The molecule has 0 aliphatic carbocycles. The van der Waals surface area contributed by atoms with Crippen LogP contribution in [-0.2, 0) is 11.2 Å². The first-order valence-electron chi connectivity index (χ1n) is 6.76. The lowest BCUT2D eigenvalue weighted by molar-refractivity contribution is -0.117. The summed E-state index contributed by atoms with van der Waals surface area (Å²) in [6.45, 7) is 1.14. The highest BCUT2D eigenvalue weighted by Gasteiger charge is 2.07. The zero-order chi connectivity index (χ0) is 15.1. The molecule has 21 heavy (non-hydrogen) atoms. The number of halogens is 1. The zero-order valence-corrected chi connectivity index (χ0v) is 12.7. The summed E-state index contributed by atoms with van der Waals surface area (Å²) in [5, 5.41) is 3.44. The number of hydrogen-bond acceptors (Lipinski definition) is 3. The Labute approximate surface area is 129 Å². The first-order valence-corrected chi connectivity index (χ1v) is 7.14. The zero-order valence-electron chi connectivity index (χ0n) is 11.9. The summed E-state index contributed by atoms with van der Waals surface area (Å²) in [6.07, 6.45) is 4.47. The van der Waals surface area contributed by atoms with Crippen LogP contribution < -0.4 is 5.32 Å². The average molecular weight is 304 g/mol. The van der Waals surface area contributed by atoms with Gasteiger partial charge in [-0.25, -0.2) is 0 Å². The predicted octanol–water partition coefficient (Wildman–Crippen LogP) is 2.85. The van der Waals surface area contributed by atoms with Gasteiger partial charge in [0.1, 0.15) is 0 Å². The summed E-state index contributed by atoms with van der Waals surface area (Å²) in [5.74, 6) is -0.0500. The van der Waals surface area contributed by atoms with Crippen LogP contribution in [0.5, 0.6) is 0 Å². The molecule has 0 aliphatic heterocycles. The Balaban J connectivity index is 1.77. The van der Waals surface area contributed by atoms with E-state index < -0.39 is 0 Å². The molecule has 1 aromatic heterocycles. The van der Waals surface area contributed by atoms with Crippen LogP contribution in [0.25, 0.3) is 0 Å². The van der Waals surface area contributed by atoms with Crippen molar-refractivity contribution >= 4 is 23.2 Å². The number of amides is 1. The topological polar surface area (TPSA) is 45.2 Å². The van der Waals surface area contributed by atoms with Gasteiger partial charge in [0.2, 0.25) is 5.91 Å². The molecule has 0 aliphatic rings. The molecule has 0 saturated heterocycles. The minimum Gasteiger partial charge on any atom is -0.325 e. The second-order valence-corrected chi connectivity index (χ2v) is 5.34. The molecule has 110 valence electrons. The predicted molar refractivity (Wildman–Crippen MR) is 85.5 cm³/mol. The summed E-state index contributed by atoms with van der Waals surface area (Å²) in [6, 6.07) is 11.1. The van der Waals surface area contributed by atoms with Gasteiger partial charge in [-0.1, -0.05) is 23.7 Å². The van der Waals surface area contributed by atoms with Gasteiger partial charge in [0, 0.05) is 29.6 Å². The van der Waals surface area contributed by atoms with Crippen LogP contribution in [0.4, 0.5) is 5.69 Å². The van der Waals surface area contributed by atoms with Crippen molar-refractivity contribution in [2.75, 3.05) is 25.5 Å². The normalized spacial score (nSPS) is 10.6. The van der Waals surface area contributed by atoms with Crippen molar-refractivity contribution in [3.63, 3.8) is 0 Å². The summed E-state index contributed by atoms with van der Waals surface area (Å²) in [5.41, 5.74) is 1.88. The molecule has 0 saturated carbocycles. The molecule has 0 fully saturated rings. The molecule has 0 radical (unpaired) electrons. The molecule has 1 heterocycles. The lowest BCUT2D eigenvalue weighted by Crippen LogP contribution is -2.31. The third kappa shape index (κ3) is 5.53. The molecule has 2 aromatic rings. The number of benzene rings is 1. The van der Waals surface area contributed by atoms with E-state index in [1.807, 2.05) is 42.4 Å². The number of carbonyl (C=O) groups excluding carboxylic acids is 1. The van der Waals surface area contributed by atoms with Crippen LogP contribution in [0.3, 0.4) is 0 Å². The standard InChI is InChI=1S/C16H18ClN3O/c1-20(9-7-13-4-3-8-18-11-13)12-16(21)19-15-6-2-5-14(17)10-15/h2-6,8,10-11H,7,9,12H2,1H3,(H,19,21). The Kier molecular flexibility index (Phi) is 5.72. The molecular formula is C16H18ClN3O. The van der Waals surface area contributed by atoms with Crippen LogP contribution in [0.15, 0.2) is 48.8 Å². The number of carbonyl (C=O) groups is 1. The molecule has 0 spiro atoms. The van der Waals surface area contributed by atoms with E-state index in [2.05, 4.69) is 10.3 Å². The molecule has 5 heteroatoms. The van der Waals surface area contributed by atoms with Gasteiger partial charge in [-0.05, 0) is 43.3 Å². The Morgan fingerprint density at radius 2 is 2.19 bits per heavy atom. The Bertz CT molecular complexity index is 589. The Morgan fingerprint density at radius 1 is 1.33 bits per heavy atom. The van der Waals surface area contributed by atoms with Gasteiger partial charge in [-0.2, -0.15) is 0 Å². The van der Waals surface area contributed by atoms with Gasteiger partial charge in [-0.15, -0.1) is 0 Å². The monoisotopic (exact) mass is 303 g/mol. The van der Waals surface area contributed by atoms with Gasteiger partial charge < -0.3 is 5.32 Å². The van der Waals surface area contributed by atoms with E-state index in [4.69, 9.17) is 11.6 Å². The van der Waals surface area contributed by atoms with Crippen molar-refractivity contribution in [1.82, 2.24) is 9.88 Å². The fourth-order valence-electron chi connectivity index (χ4n) is 1.96. The van der Waals surface area contributed by atoms with Gasteiger partial charge in [-0.3, -0.25) is 14.7 Å². The second-order valence-electron chi connectivity index (χ2n) is 4.91.